The molecule has 1 aliphatic heterocycles. The largest absolute Gasteiger partial charge is 0.376 e. The van der Waals surface area contributed by atoms with Gasteiger partial charge in [0.25, 0.3) is 5.91 Å². The predicted molar refractivity (Wildman–Crippen MR) is 88.5 cm³/mol. The third-order valence-corrected chi connectivity index (χ3v) is 3.53. The topological polar surface area (TPSA) is 85.2 Å². The molecule has 2 rings (SSSR count). The summed E-state index contributed by atoms with van der Waals surface area (Å²) >= 11 is 0. The Bertz CT molecular complexity index is 638. The molecule has 2 amide bonds. The minimum absolute atomic E-state index is 0.0952. The maximum absolute atomic E-state index is 12.2. The number of hydrogen-bond donors (Lipinski definition) is 2. The summed E-state index contributed by atoms with van der Waals surface area (Å²) in [5, 5.41) is 14.5. The normalized spacial score (nSPS) is 14.8. The Hall–Kier alpha value is -2.81. The van der Waals surface area contributed by atoms with Gasteiger partial charge in [0.05, 0.1) is 0 Å². The molecule has 1 fully saturated rings. The zero-order valence-corrected chi connectivity index (χ0v) is 13.1. The van der Waals surface area contributed by atoms with Crippen molar-refractivity contribution in [3.05, 3.63) is 36.0 Å². The summed E-state index contributed by atoms with van der Waals surface area (Å²) in [4.78, 5) is 25.2. The molecule has 2 N–H and O–H groups in total. The highest BCUT2D eigenvalue weighted by atomic mass is 16.2. The Labute approximate surface area is 135 Å². The van der Waals surface area contributed by atoms with Crippen LogP contribution in [0.4, 0.5) is 11.4 Å². The number of hydrogen-bond acceptors (Lipinski definition) is 4. The lowest BCUT2D eigenvalue weighted by molar-refractivity contribution is -0.114. The quantitative estimate of drug-likeness (QED) is 0.660. The van der Waals surface area contributed by atoms with Gasteiger partial charge in [0.1, 0.15) is 11.6 Å². The molecule has 0 saturated carbocycles. The average Bonchev–Trinajstić information content (AvgIpc) is 2.55. The van der Waals surface area contributed by atoms with Crippen molar-refractivity contribution in [2.75, 3.05) is 23.7 Å². The molecule has 0 unspecified atom stereocenters. The number of likely N-dealkylation sites (tertiary alicyclic amines) is 1. The third kappa shape index (κ3) is 5.15. The van der Waals surface area contributed by atoms with E-state index in [1.54, 1.807) is 30.5 Å². The van der Waals surface area contributed by atoms with Crippen molar-refractivity contribution in [2.45, 2.75) is 26.2 Å². The summed E-state index contributed by atoms with van der Waals surface area (Å²) in [6.07, 6.45) is 5.00. The molecule has 23 heavy (non-hydrogen) atoms. The van der Waals surface area contributed by atoms with Crippen LogP contribution in [-0.4, -0.2) is 29.8 Å². The van der Waals surface area contributed by atoms with Crippen molar-refractivity contribution >= 4 is 23.2 Å². The molecule has 0 radical (unpaired) electrons. The monoisotopic (exact) mass is 312 g/mol. The van der Waals surface area contributed by atoms with Crippen LogP contribution in [0.1, 0.15) is 26.2 Å². The van der Waals surface area contributed by atoms with Gasteiger partial charge in [0.15, 0.2) is 0 Å². The molecule has 0 atom stereocenters. The van der Waals surface area contributed by atoms with Crippen LogP contribution in [0.2, 0.25) is 0 Å². The molecule has 120 valence electrons. The molecule has 6 heteroatoms. The SMILES string of the molecule is CC(=O)Nc1ccc(NC(=O)/C(C#N)=C\N2CCCCC2)cc1. The number of anilines is 2. The lowest BCUT2D eigenvalue weighted by atomic mass is 10.1. The fraction of sp³-hybridized carbons (Fsp3) is 0.353. The highest BCUT2D eigenvalue weighted by Crippen LogP contribution is 2.15. The number of nitriles is 1. The predicted octanol–water partition coefficient (Wildman–Crippen LogP) is 2.48. The standard InChI is InChI=1S/C17H20N4O2/c1-13(22)19-15-5-7-16(8-6-15)20-17(23)14(11-18)12-21-9-3-2-4-10-21/h5-8,12H,2-4,9-10H2,1H3,(H,19,22)(H,20,23)/b14-12-. The second-order valence-electron chi connectivity index (χ2n) is 5.46. The molecular weight excluding hydrogens is 292 g/mol. The van der Waals surface area contributed by atoms with E-state index >= 15 is 0 Å². The van der Waals surface area contributed by atoms with Gasteiger partial charge >= 0.3 is 0 Å². The molecular formula is C17H20N4O2. The van der Waals surface area contributed by atoms with Gasteiger partial charge in [0, 0.05) is 37.6 Å². The molecule has 1 saturated heterocycles. The summed E-state index contributed by atoms with van der Waals surface area (Å²) < 4.78 is 0. The number of carbonyl (C=O) groups is 2. The van der Waals surface area contributed by atoms with Crippen molar-refractivity contribution in [1.29, 1.82) is 5.26 Å². The molecule has 6 nitrogen and oxygen atoms in total. The lowest BCUT2D eigenvalue weighted by Gasteiger charge is -2.25. The van der Waals surface area contributed by atoms with Gasteiger partial charge in [-0.05, 0) is 43.5 Å². The minimum Gasteiger partial charge on any atom is -0.376 e. The highest BCUT2D eigenvalue weighted by Gasteiger charge is 2.13. The van der Waals surface area contributed by atoms with E-state index in [0.717, 1.165) is 25.9 Å². The number of amides is 2. The van der Waals surface area contributed by atoms with E-state index in [2.05, 4.69) is 10.6 Å². The van der Waals surface area contributed by atoms with Gasteiger partial charge in [0.2, 0.25) is 5.91 Å². The molecule has 1 aromatic rings. The van der Waals surface area contributed by atoms with Crippen LogP contribution in [0.15, 0.2) is 36.0 Å². The van der Waals surface area contributed by atoms with Gasteiger partial charge in [-0.3, -0.25) is 9.59 Å². The van der Waals surface area contributed by atoms with E-state index in [1.807, 2.05) is 11.0 Å². The Balaban J connectivity index is 2.00. The molecule has 0 aromatic heterocycles. The Morgan fingerprint density at radius 3 is 2.17 bits per heavy atom. The zero-order chi connectivity index (χ0) is 16.7. The Morgan fingerprint density at radius 2 is 1.65 bits per heavy atom. The molecule has 0 aliphatic carbocycles. The van der Waals surface area contributed by atoms with Crippen LogP contribution < -0.4 is 10.6 Å². The second kappa shape index (κ2) is 7.99. The van der Waals surface area contributed by atoms with E-state index in [-0.39, 0.29) is 11.5 Å². The molecule has 1 aliphatic rings. The fourth-order valence-electron chi connectivity index (χ4n) is 2.41. The molecule has 1 heterocycles. The van der Waals surface area contributed by atoms with Gasteiger partial charge < -0.3 is 15.5 Å². The minimum atomic E-state index is -0.426. The lowest BCUT2D eigenvalue weighted by Crippen LogP contribution is -2.26. The summed E-state index contributed by atoms with van der Waals surface area (Å²) in [7, 11) is 0. The van der Waals surface area contributed by atoms with Crippen molar-refractivity contribution in [3.8, 4) is 6.07 Å². The van der Waals surface area contributed by atoms with Crippen LogP contribution in [-0.2, 0) is 9.59 Å². The molecule has 0 bridgehead atoms. The van der Waals surface area contributed by atoms with Gasteiger partial charge in [-0.15, -0.1) is 0 Å². The number of nitrogens with one attached hydrogen (secondary N) is 2. The van der Waals surface area contributed by atoms with E-state index in [1.165, 1.54) is 13.3 Å². The van der Waals surface area contributed by atoms with Gasteiger partial charge in [-0.1, -0.05) is 0 Å². The molecule has 0 spiro atoms. The number of nitrogens with zero attached hydrogens (tertiary/aromatic N) is 2. The summed E-state index contributed by atoms with van der Waals surface area (Å²) in [6, 6.07) is 8.70. The van der Waals surface area contributed by atoms with Crippen LogP contribution in [0.5, 0.6) is 0 Å². The van der Waals surface area contributed by atoms with Crippen LogP contribution in [0.3, 0.4) is 0 Å². The van der Waals surface area contributed by atoms with Crippen LogP contribution in [0, 0.1) is 11.3 Å². The maximum atomic E-state index is 12.2. The Kier molecular flexibility index (Phi) is 5.75. The second-order valence-corrected chi connectivity index (χ2v) is 5.46. The van der Waals surface area contributed by atoms with E-state index in [0.29, 0.717) is 11.4 Å². The summed E-state index contributed by atoms with van der Waals surface area (Å²) in [6.45, 7) is 3.19. The first-order valence-corrected chi connectivity index (χ1v) is 7.63. The van der Waals surface area contributed by atoms with Gasteiger partial charge in [-0.25, -0.2) is 0 Å². The van der Waals surface area contributed by atoms with Crippen LogP contribution in [0.25, 0.3) is 0 Å². The number of piperidine rings is 1. The highest BCUT2D eigenvalue weighted by molar-refractivity contribution is 6.06. The fourth-order valence-corrected chi connectivity index (χ4v) is 2.41. The van der Waals surface area contributed by atoms with E-state index < -0.39 is 5.91 Å². The van der Waals surface area contributed by atoms with Crippen molar-refractivity contribution in [2.24, 2.45) is 0 Å². The van der Waals surface area contributed by atoms with E-state index in [9.17, 15) is 14.9 Å². The maximum Gasteiger partial charge on any atom is 0.267 e. The zero-order valence-electron chi connectivity index (χ0n) is 13.1. The summed E-state index contributed by atoms with van der Waals surface area (Å²) in [5.74, 6) is -0.580. The van der Waals surface area contributed by atoms with Crippen LogP contribution >= 0.6 is 0 Å². The third-order valence-electron chi connectivity index (χ3n) is 3.53. The first-order chi connectivity index (χ1) is 11.1. The number of rotatable bonds is 4. The number of benzene rings is 1. The first kappa shape index (κ1) is 16.6. The Morgan fingerprint density at radius 1 is 1.09 bits per heavy atom. The van der Waals surface area contributed by atoms with Crippen molar-refractivity contribution < 1.29 is 9.59 Å². The summed E-state index contributed by atoms with van der Waals surface area (Å²) in [5.41, 5.74) is 1.32. The van der Waals surface area contributed by atoms with E-state index in [4.69, 9.17) is 0 Å². The van der Waals surface area contributed by atoms with Crippen molar-refractivity contribution in [1.82, 2.24) is 4.90 Å². The average molecular weight is 312 g/mol. The first-order valence-electron chi connectivity index (χ1n) is 7.63. The van der Waals surface area contributed by atoms with Crippen molar-refractivity contribution in [3.63, 3.8) is 0 Å². The smallest absolute Gasteiger partial charge is 0.267 e. The van der Waals surface area contributed by atoms with Gasteiger partial charge in [-0.2, -0.15) is 5.26 Å². The number of carbonyl (C=O) groups excluding carboxylic acids is 2. The molecule has 1 aromatic carbocycles.